The summed E-state index contributed by atoms with van der Waals surface area (Å²) >= 11 is 0. The lowest BCUT2D eigenvalue weighted by atomic mass is 9.85. The Morgan fingerprint density at radius 1 is 1.32 bits per heavy atom. The third-order valence-corrected chi connectivity index (χ3v) is 3.54. The fourth-order valence-electron chi connectivity index (χ4n) is 2.35. The van der Waals surface area contributed by atoms with Crippen molar-refractivity contribution in [2.75, 3.05) is 11.9 Å². The van der Waals surface area contributed by atoms with Gasteiger partial charge in [-0.1, -0.05) is 25.1 Å². The molecule has 1 aromatic rings. The maximum Gasteiger partial charge on any atom is 0.234 e. The Hall–Kier alpha value is -1.77. The van der Waals surface area contributed by atoms with E-state index in [2.05, 4.69) is 18.3 Å². The zero-order valence-corrected chi connectivity index (χ0v) is 12.0. The summed E-state index contributed by atoms with van der Waals surface area (Å²) in [5.74, 6) is 0.829. The molecule has 1 aliphatic rings. The van der Waals surface area contributed by atoms with Crippen LogP contribution in [0.2, 0.25) is 0 Å². The Morgan fingerprint density at radius 2 is 2.05 bits per heavy atom. The molecule has 0 saturated carbocycles. The highest BCUT2D eigenvalue weighted by atomic mass is 16.5. The first-order valence-corrected chi connectivity index (χ1v) is 6.71. The monoisotopic (exact) mass is 259 g/mol. The van der Waals surface area contributed by atoms with Gasteiger partial charge in [-0.3, -0.25) is 4.79 Å². The van der Waals surface area contributed by atoms with Gasteiger partial charge in [-0.15, -0.1) is 0 Å². The first-order chi connectivity index (χ1) is 8.98. The van der Waals surface area contributed by atoms with Gasteiger partial charge in [-0.2, -0.15) is 0 Å². The summed E-state index contributed by atoms with van der Waals surface area (Å²) in [6, 6.07) is 3.94. The van der Waals surface area contributed by atoms with E-state index in [4.69, 9.17) is 4.74 Å². The van der Waals surface area contributed by atoms with Crippen LogP contribution in [0.5, 0.6) is 5.75 Å². The molecule has 0 aliphatic carbocycles. The second kappa shape index (κ2) is 5.08. The smallest absolute Gasteiger partial charge is 0.234 e. The lowest BCUT2D eigenvalue weighted by Gasteiger charge is -2.19. The molecule has 3 heteroatoms. The van der Waals surface area contributed by atoms with Crippen LogP contribution in [-0.4, -0.2) is 12.5 Å². The summed E-state index contributed by atoms with van der Waals surface area (Å²) < 4.78 is 5.81. The van der Waals surface area contributed by atoms with Crippen LogP contribution in [0.1, 0.15) is 38.3 Å². The lowest BCUT2D eigenvalue weighted by Crippen LogP contribution is -2.27. The maximum atomic E-state index is 12.1. The molecule has 1 amide bonds. The van der Waals surface area contributed by atoms with Gasteiger partial charge in [0.1, 0.15) is 12.4 Å². The zero-order chi connectivity index (χ0) is 14.0. The number of rotatable bonds is 4. The number of ether oxygens (including phenoxy) is 1. The van der Waals surface area contributed by atoms with Gasteiger partial charge in [-0.25, -0.2) is 0 Å². The molecule has 0 spiro atoms. The Kier molecular flexibility index (Phi) is 3.65. The molecule has 0 saturated heterocycles. The van der Waals surface area contributed by atoms with Crippen molar-refractivity contribution in [1.29, 1.82) is 0 Å². The third-order valence-electron chi connectivity index (χ3n) is 3.54. The number of anilines is 1. The van der Waals surface area contributed by atoms with Crippen LogP contribution in [0.25, 0.3) is 0 Å². The number of amides is 1. The number of carbonyl (C=O) groups is 1. The van der Waals surface area contributed by atoms with E-state index in [9.17, 15) is 4.79 Å². The molecule has 1 aromatic carbocycles. The van der Waals surface area contributed by atoms with Gasteiger partial charge in [0.2, 0.25) is 5.91 Å². The first kappa shape index (κ1) is 13.7. The SMILES string of the molecule is CCC=CCOc1ccc(C)c2c1C(C)(C)C(=O)N2. The van der Waals surface area contributed by atoms with Crippen molar-refractivity contribution in [3.63, 3.8) is 0 Å². The number of hydrogen-bond donors (Lipinski definition) is 1. The van der Waals surface area contributed by atoms with E-state index in [0.717, 1.165) is 29.0 Å². The number of fused-ring (bicyclic) bond motifs is 1. The van der Waals surface area contributed by atoms with Crippen molar-refractivity contribution in [3.05, 3.63) is 35.4 Å². The predicted molar refractivity (Wildman–Crippen MR) is 77.8 cm³/mol. The highest BCUT2D eigenvalue weighted by Crippen LogP contribution is 2.44. The minimum absolute atomic E-state index is 0.0331. The van der Waals surface area contributed by atoms with E-state index in [1.807, 2.05) is 39.0 Å². The molecule has 1 N–H and O–H groups in total. The molecular weight excluding hydrogens is 238 g/mol. The van der Waals surface area contributed by atoms with Gasteiger partial charge in [0.15, 0.2) is 0 Å². The molecule has 0 atom stereocenters. The fourth-order valence-corrected chi connectivity index (χ4v) is 2.35. The van der Waals surface area contributed by atoms with Gasteiger partial charge in [0.25, 0.3) is 0 Å². The summed E-state index contributed by atoms with van der Waals surface area (Å²) in [6.07, 6.45) is 5.08. The number of allylic oxidation sites excluding steroid dienone is 1. The van der Waals surface area contributed by atoms with Crippen LogP contribution in [0.4, 0.5) is 5.69 Å². The van der Waals surface area contributed by atoms with Crippen LogP contribution < -0.4 is 10.1 Å². The van der Waals surface area contributed by atoms with E-state index in [0.29, 0.717) is 6.61 Å². The summed E-state index contributed by atoms with van der Waals surface area (Å²) in [5, 5.41) is 2.96. The highest BCUT2D eigenvalue weighted by molar-refractivity contribution is 6.07. The van der Waals surface area contributed by atoms with Crippen LogP contribution in [0.15, 0.2) is 24.3 Å². The van der Waals surface area contributed by atoms with E-state index >= 15 is 0 Å². The molecule has 0 bridgehead atoms. The van der Waals surface area contributed by atoms with Crippen LogP contribution in [0.3, 0.4) is 0 Å². The number of nitrogens with one attached hydrogen (secondary N) is 1. The van der Waals surface area contributed by atoms with E-state index in [-0.39, 0.29) is 5.91 Å². The van der Waals surface area contributed by atoms with E-state index < -0.39 is 5.41 Å². The van der Waals surface area contributed by atoms with Crippen LogP contribution in [0, 0.1) is 6.92 Å². The normalized spacial score (nSPS) is 16.5. The highest BCUT2D eigenvalue weighted by Gasteiger charge is 2.41. The van der Waals surface area contributed by atoms with Crippen LogP contribution in [-0.2, 0) is 10.2 Å². The van der Waals surface area contributed by atoms with Crippen molar-refractivity contribution < 1.29 is 9.53 Å². The Balaban J connectivity index is 2.35. The third kappa shape index (κ3) is 2.37. The number of carbonyl (C=O) groups excluding carboxylic acids is 1. The number of aryl methyl sites for hydroxylation is 1. The molecule has 0 fully saturated rings. The zero-order valence-electron chi connectivity index (χ0n) is 12.0. The Labute approximate surface area is 114 Å². The standard InChI is InChI=1S/C16H21NO2/c1-5-6-7-10-19-12-9-8-11(2)14-13(12)16(3,4)15(18)17-14/h6-9H,5,10H2,1-4H3,(H,17,18). The van der Waals surface area contributed by atoms with Gasteiger partial charge in [0.05, 0.1) is 11.1 Å². The minimum Gasteiger partial charge on any atom is -0.489 e. The van der Waals surface area contributed by atoms with Gasteiger partial charge in [0, 0.05) is 5.56 Å². The van der Waals surface area contributed by atoms with Crippen molar-refractivity contribution in [1.82, 2.24) is 0 Å². The second-order valence-electron chi connectivity index (χ2n) is 5.40. The van der Waals surface area contributed by atoms with E-state index in [1.165, 1.54) is 0 Å². The molecule has 19 heavy (non-hydrogen) atoms. The Bertz CT molecular complexity index is 530. The molecule has 3 nitrogen and oxygen atoms in total. The summed E-state index contributed by atoms with van der Waals surface area (Å²) in [5.41, 5.74) is 2.42. The quantitative estimate of drug-likeness (QED) is 0.839. The molecule has 1 heterocycles. The van der Waals surface area contributed by atoms with Crippen molar-refractivity contribution in [2.45, 2.75) is 39.5 Å². The molecule has 0 aromatic heterocycles. The summed E-state index contributed by atoms with van der Waals surface area (Å²) in [4.78, 5) is 12.1. The van der Waals surface area contributed by atoms with Crippen LogP contribution >= 0.6 is 0 Å². The van der Waals surface area contributed by atoms with Gasteiger partial charge >= 0.3 is 0 Å². The molecule has 0 unspecified atom stereocenters. The largest absolute Gasteiger partial charge is 0.489 e. The topological polar surface area (TPSA) is 38.3 Å². The van der Waals surface area contributed by atoms with Crippen molar-refractivity contribution in [3.8, 4) is 5.75 Å². The number of benzene rings is 1. The second-order valence-corrected chi connectivity index (χ2v) is 5.40. The maximum absolute atomic E-state index is 12.1. The molecule has 102 valence electrons. The summed E-state index contributed by atoms with van der Waals surface area (Å²) in [7, 11) is 0. The summed E-state index contributed by atoms with van der Waals surface area (Å²) in [6.45, 7) is 8.49. The van der Waals surface area contributed by atoms with Gasteiger partial charge < -0.3 is 10.1 Å². The average Bonchev–Trinajstić information content (AvgIpc) is 2.60. The minimum atomic E-state index is -0.537. The molecule has 1 aliphatic heterocycles. The first-order valence-electron chi connectivity index (χ1n) is 6.71. The lowest BCUT2D eigenvalue weighted by molar-refractivity contribution is -0.119. The molecule has 0 radical (unpaired) electrons. The molecule has 2 rings (SSSR count). The number of hydrogen-bond acceptors (Lipinski definition) is 2. The fraction of sp³-hybridized carbons (Fsp3) is 0.438. The molecular formula is C16H21NO2. The Morgan fingerprint density at radius 3 is 2.74 bits per heavy atom. The van der Waals surface area contributed by atoms with Crippen molar-refractivity contribution >= 4 is 11.6 Å². The van der Waals surface area contributed by atoms with Crippen molar-refractivity contribution in [2.24, 2.45) is 0 Å². The van der Waals surface area contributed by atoms with Gasteiger partial charge in [-0.05, 0) is 38.8 Å². The average molecular weight is 259 g/mol. The van der Waals surface area contributed by atoms with E-state index in [1.54, 1.807) is 0 Å². The predicted octanol–water partition coefficient (Wildman–Crippen LogP) is 3.57.